The SMILES string of the molecule is [N-]=[N+]=NCC(c1ccccc1)n1cc(-c2ncnc(N)c2-c2ccc(Cl)cc2)cn1. The molecule has 0 aliphatic carbocycles. The minimum Gasteiger partial charge on any atom is -0.383 e. The van der Waals surface area contributed by atoms with E-state index in [2.05, 4.69) is 25.1 Å². The van der Waals surface area contributed by atoms with Gasteiger partial charge in [0.25, 0.3) is 0 Å². The molecule has 2 aromatic heterocycles. The molecule has 1 atom stereocenters. The predicted molar refractivity (Wildman–Crippen MR) is 117 cm³/mol. The lowest BCUT2D eigenvalue weighted by Crippen LogP contribution is -2.14. The third-order valence-corrected chi connectivity index (χ3v) is 4.96. The van der Waals surface area contributed by atoms with Crippen molar-refractivity contribution in [2.75, 3.05) is 12.3 Å². The molecule has 0 bridgehead atoms. The van der Waals surface area contributed by atoms with Crippen LogP contribution in [0.1, 0.15) is 11.6 Å². The Labute approximate surface area is 177 Å². The molecule has 0 amide bonds. The zero-order chi connectivity index (χ0) is 20.9. The number of aromatic nitrogens is 4. The van der Waals surface area contributed by atoms with Crippen molar-refractivity contribution in [2.24, 2.45) is 5.11 Å². The summed E-state index contributed by atoms with van der Waals surface area (Å²) in [7, 11) is 0. The summed E-state index contributed by atoms with van der Waals surface area (Å²) < 4.78 is 1.77. The lowest BCUT2D eigenvalue weighted by molar-refractivity contribution is 0.531. The lowest BCUT2D eigenvalue weighted by atomic mass is 10.0. The lowest BCUT2D eigenvalue weighted by Gasteiger charge is -2.15. The van der Waals surface area contributed by atoms with Gasteiger partial charge in [-0.25, -0.2) is 9.97 Å². The first-order valence-corrected chi connectivity index (χ1v) is 9.52. The Kier molecular flexibility index (Phi) is 5.61. The number of benzene rings is 2. The van der Waals surface area contributed by atoms with Crippen molar-refractivity contribution in [1.82, 2.24) is 19.7 Å². The first-order valence-electron chi connectivity index (χ1n) is 9.14. The van der Waals surface area contributed by atoms with Gasteiger partial charge >= 0.3 is 0 Å². The maximum atomic E-state index is 8.79. The molecule has 0 radical (unpaired) electrons. The van der Waals surface area contributed by atoms with E-state index >= 15 is 0 Å². The van der Waals surface area contributed by atoms with Gasteiger partial charge in [0, 0.05) is 21.7 Å². The number of nitrogen functional groups attached to an aromatic ring is 1. The molecule has 148 valence electrons. The molecule has 1 unspecified atom stereocenters. The van der Waals surface area contributed by atoms with Gasteiger partial charge in [-0.05, 0) is 28.8 Å². The Morgan fingerprint density at radius 2 is 1.83 bits per heavy atom. The Balaban J connectivity index is 1.78. The van der Waals surface area contributed by atoms with Gasteiger partial charge in [-0.3, -0.25) is 4.68 Å². The van der Waals surface area contributed by atoms with Crippen molar-refractivity contribution < 1.29 is 0 Å². The average Bonchev–Trinajstić information content (AvgIpc) is 3.25. The minimum absolute atomic E-state index is 0.234. The van der Waals surface area contributed by atoms with E-state index in [-0.39, 0.29) is 12.6 Å². The van der Waals surface area contributed by atoms with E-state index in [0.717, 1.165) is 16.7 Å². The van der Waals surface area contributed by atoms with E-state index in [1.807, 2.05) is 48.7 Å². The number of anilines is 1. The van der Waals surface area contributed by atoms with E-state index < -0.39 is 0 Å². The van der Waals surface area contributed by atoms with Crippen molar-refractivity contribution in [1.29, 1.82) is 0 Å². The molecule has 8 nitrogen and oxygen atoms in total. The maximum absolute atomic E-state index is 8.79. The monoisotopic (exact) mass is 416 g/mol. The largest absolute Gasteiger partial charge is 0.383 e. The molecule has 0 fully saturated rings. The van der Waals surface area contributed by atoms with Gasteiger partial charge in [0.1, 0.15) is 12.1 Å². The second-order valence-corrected chi connectivity index (χ2v) is 6.97. The fourth-order valence-corrected chi connectivity index (χ4v) is 3.41. The van der Waals surface area contributed by atoms with Gasteiger partial charge < -0.3 is 5.73 Å². The van der Waals surface area contributed by atoms with Crippen LogP contribution < -0.4 is 5.73 Å². The summed E-state index contributed by atoms with van der Waals surface area (Å²) in [6.45, 7) is 0.234. The first-order chi connectivity index (χ1) is 14.7. The van der Waals surface area contributed by atoms with Crippen molar-refractivity contribution in [3.63, 3.8) is 0 Å². The van der Waals surface area contributed by atoms with Crippen molar-refractivity contribution in [3.05, 3.63) is 94.3 Å². The van der Waals surface area contributed by atoms with Crippen molar-refractivity contribution in [3.8, 4) is 22.4 Å². The summed E-state index contributed by atoms with van der Waals surface area (Å²) >= 11 is 6.02. The zero-order valence-corrected chi connectivity index (χ0v) is 16.6. The molecule has 0 saturated carbocycles. The molecule has 4 aromatic rings. The standard InChI is InChI=1S/C21H17ClN8/c22-17-8-6-15(7-9-17)19-20(25-13-26-21(19)23)16-10-28-30(12-16)18(11-27-29-24)14-4-2-1-3-5-14/h1-10,12-13,18H,11H2,(H2,23,25,26). The molecule has 4 rings (SSSR count). The molecule has 0 aliphatic heterocycles. The Bertz CT molecular complexity index is 1200. The number of hydrogen-bond donors (Lipinski definition) is 1. The van der Waals surface area contributed by atoms with Crippen molar-refractivity contribution >= 4 is 17.4 Å². The normalized spacial score (nSPS) is 11.6. The third-order valence-electron chi connectivity index (χ3n) is 4.71. The fraction of sp³-hybridized carbons (Fsp3) is 0.0952. The summed E-state index contributed by atoms with van der Waals surface area (Å²) in [4.78, 5) is 11.5. The predicted octanol–water partition coefficient (Wildman–Crippen LogP) is 5.14. The molecular formula is C21H17ClN8. The number of halogens is 1. The zero-order valence-electron chi connectivity index (χ0n) is 15.8. The van der Waals surface area contributed by atoms with E-state index in [1.54, 1.807) is 23.0 Å². The van der Waals surface area contributed by atoms with E-state index in [1.165, 1.54) is 6.33 Å². The molecule has 0 spiro atoms. The average molecular weight is 417 g/mol. The second-order valence-electron chi connectivity index (χ2n) is 6.54. The number of rotatable bonds is 6. The van der Waals surface area contributed by atoms with Crippen LogP contribution in [0, 0.1) is 0 Å². The Morgan fingerprint density at radius 3 is 2.57 bits per heavy atom. The summed E-state index contributed by atoms with van der Waals surface area (Å²) in [5.41, 5.74) is 19.0. The number of azide groups is 1. The van der Waals surface area contributed by atoms with Crippen LogP contribution in [0.2, 0.25) is 5.02 Å². The summed E-state index contributed by atoms with van der Waals surface area (Å²) in [5.74, 6) is 0.365. The summed E-state index contributed by atoms with van der Waals surface area (Å²) in [6.07, 6.45) is 5.01. The van der Waals surface area contributed by atoms with Gasteiger partial charge in [-0.2, -0.15) is 5.10 Å². The maximum Gasteiger partial charge on any atom is 0.135 e. The quantitative estimate of drug-likeness (QED) is 0.266. The molecule has 9 heteroatoms. The third kappa shape index (κ3) is 3.96. The number of nitrogens with zero attached hydrogens (tertiary/aromatic N) is 7. The van der Waals surface area contributed by atoms with E-state index in [0.29, 0.717) is 22.1 Å². The van der Waals surface area contributed by atoms with Gasteiger partial charge in [0.15, 0.2) is 0 Å². The highest BCUT2D eigenvalue weighted by atomic mass is 35.5. The smallest absolute Gasteiger partial charge is 0.135 e. The fourth-order valence-electron chi connectivity index (χ4n) is 3.28. The molecule has 2 aromatic carbocycles. The molecule has 2 heterocycles. The van der Waals surface area contributed by atoms with Crippen LogP contribution in [0.5, 0.6) is 0 Å². The highest BCUT2D eigenvalue weighted by molar-refractivity contribution is 6.30. The van der Waals surface area contributed by atoms with E-state index in [9.17, 15) is 0 Å². The topological polar surface area (TPSA) is 118 Å². The first kappa shape index (κ1) is 19.4. The van der Waals surface area contributed by atoms with Crippen LogP contribution in [0.15, 0.2) is 78.4 Å². The molecule has 0 aliphatic rings. The second kappa shape index (κ2) is 8.65. The van der Waals surface area contributed by atoms with Crippen LogP contribution in [0.25, 0.3) is 32.8 Å². The van der Waals surface area contributed by atoms with Crippen LogP contribution in [0.4, 0.5) is 5.82 Å². The van der Waals surface area contributed by atoms with Crippen LogP contribution in [0.3, 0.4) is 0 Å². The molecular weight excluding hydrogens is 400 g/mol. The minimum atomic E-state index is -0.242. The van der Waals surface area contributed by atoms with Gasteiger partial charge in [-0.15, -0.1) is 0 Å². The molecule has 2 N–H and O–H groups in total. The molecule has 0 saturated heterocycles. The van der Waals surface area contributed by atoms with Crippen LogP contribution in [-0.2, 0) is 0 Å². The number of nitrogens with two attached hydrogens (primary N) is 1. The molecule has 30 heavy (non-hydrogen) atoms. The highest BCUT2D eigenvalue weighted by Gasteiger charge is 2.18. The summed E-state index contributed by atoms with van der Waals surface area (Å²) in [5, 5.41) is 8.90. The van der Waals surface area contributed by atoms with Gasteiger partial charge in [0.2, 0.25) is 0 Å². The Hall–Kier alpha value is -3.87. The van der Waals surface area contributed by atoms with Crippen molar-refractivity contribution in [2.45, 2.75) is 6.04 Å². The van der Waals surface area contributed by atoms with E-state index in [4.69, 9.17) is 22.9 Å². The van der Waals surface area contributed by atoms with Crippen LogP contribution in [-0.4, -0.2) is 26.3 Å². The van der Waals surface area contributed by atoms with Gasteiger partial charge in [-0.1, -0.05) is 59.2 Å². The van der Waals surface area contributed by atoms with Crippen LogP contribution >= 0.6 is 11.6 Å². The summed E-state index contributed by atoms with van der Waals surface area (Å²) in [6, 6.07) is 16.9. The highest BCUT2D eigenvalue weighted by Crippen LogP contribution is 2.34. The Morgan fingerprint density at radius 1 is 1.07 bits per heavy atom. The van der Waals surface area contributed by atoms with Gasteiger partial charge in [0.05, 0.1) is 30.0 Å². The number of hydrogen-bond acceptors (Lipinski definition) is 5.